The highest BCUT2D eigenvalue weighted by molar-refractivity contribution is 5.87. The van der Waals surface area contributed by atoms with Crippen molar-refractivity contribution in [1.29, 1.82) is 0 Å². The van der Waals surface area contributed by atoms with Gasteiger partial charge in [0.1, 0.15) is 11.4 Å². The van der Waals surface area contributed by atoms with Crippen LogP contribution in [0.15, 0.2) is 23.0 Å². The molecule has 0 unspecified atom stereocenters. The van der Waals surface area contributed by atoms with Crippen LogP contribution in [0.3, 0.4) is 0 Å². The first-order valence-corrected chi connectivity index (χ1v) is 12.6. The van der Waals surface area contributed by atoms with E-state index in [1.165, 1.54) is 0 Å². The number of carbonyl (C=O) groups excluding carboxylic acids is 1. The Morgan fingerprint density at radius 1 is 1.00 bits per heavy atom. The van der Waals surface area contributed by atoms with Crippen molar-refractivity contribution in [2.45, 2.75) is 88.7 Å². The fourth-order valence-electron chi connectivity index (χ4n) is 10.4. The van der Waals surface area contributed by atoms with E-state index in [-0.39, 0.29) is 43.7 Å². The van der Waals surface area contributed by atoms with Gasteiger partial charge >= 0.3 is 0 Å². The van der Waals surface area contributed by atoms with Crippen LogP contribution in [0.25, 0.3) is 0 Å². The normalized spacial score (nSPS) is 61.8. The molecule has 34 heavy (non-hydrogen) atoms. The summed E-state index contributed by atoms with van der Waals surface area (Å²) in [6.07, 6.45) is 0.544. The molecular weight excluding hydrogens is 440 g/mol. The fraction of sp³-hybridized carbons (Fsp3) is 0.808. The van der Waals surface area contributed by atoms with Gasteiger partial charge in [0.25, 0.3) is 0 Å². The first-order valence-electron chi connectivity index (χ1n) is 12.6. The third-order valence-electron chi connectivity index (χ3n) is 11.9. The number of furan rings is 1. The molecule has 2 saturated heterocycles. The van der Waals surface area contributed by atoms with Crippen LogP contribution < -0.4 is 0 Å². The van der Waals surface area contributed by atoms with Crippen molar-refractivity contribution >= 4 is 5.78 Å². The Bertz CT molecular complexity index is 1060. The number of ketones is 1. The van der Waals surface area contributed by atoms with Gasteiger partial charge in [-0.2, -0.15) is 0 Å². The van der Waals surface area contributed by atoms with Gasteiger partial charge in [-0.25, -0.2) is 0 Å². The first-order chi connectivity index (χ1) is 16.0. The number of fused-ring (bicyclic) bond motifs is 1. The van der Waals surface area contributed by atoms with Crippen LogP contribution in [-0.4, -0.2) is 69.1 Å². The van der Waals surface area contributed by atoms with Gasteiger partial charge in [0, 0.05) is 40.4 Å². The second-order valence-corrected chi connectivity index (χ2v) is 12.7. The second kappa shape index (κ2) is 6.15. The number of hydrogen-bond donors (Lipinski definition) is 4. The van der Waals surface area contributed by atoms with E-state index in [4.69, 9.17) is 13.9 Å². The van der Waals surface area contributed by atoms with Crippen molar-refractivity contribution < 1.29 is 39.1 Å². The maximum Gasteiger partial charge on any atom is 0.162 e. The Morgan fingerprint density at radius 2 is 1.76 bits per heavy atom. The van der Waals surface area contributed by atoms with Gasteiger partial charge in [-0.15, -0.1) is 0 Å². The van der Waals surface area contributed by atoms with E-state index in [9.17, 15) is 25.2 Å². The van der Waals surface area contributed by atoms with Gasteiger partial charge in [0.15, 0.2) is 6.29 Å². The smallest absolute Gasteiger partial charge is 0.162 e. The highest BCUT2D eigenvalue weighted by Gasteiger charge is 2.89. The van der Waals surface area contributed by atoms with E-state index < -0.39 is 63.7 Å². The fourth-order valence-corrected chi connectivity index (χ4v) is 10.4. The summed E-state index contributed by atoms with van der Waals surface area (Å²) in [4.78, 5) is 14.3. The molecule has 1 aromatic rings. The maximum atomic E-state index is 14.3. The number of Topliss-reactive ketones (excluding diaryl/α,β-unsaturated/α-hetero) is 1. The Morgan fingerprint density at radius 3 is 2.47 bits per heavy atom. The first kappa shape index (κ1) is 21.9. The molecule has 4 saturated carbocycles. The Balaban J connectivity index is 1.42. The van der Waals surface area contributed by atoms with Crippen molar-refractivity contribution in [3.05, 3.63) is 24.2 Å². The summed E-state index contributed by atoms with van der Waals surface area (Å²) in [5.74, 6) is -1.10. The Kier molecular flexibility index (Phi) is 3.97. The maximum absolute atomic E-state index is 14.3. The summed E-state index contributed by atoms with van der Waals surface area (Å²) in [5, 5.41) is 45.2. The number of aliphatic hydroxyl groups excluding tert-OH is 4. The molecule has 8 heteroatoms. The molecular formula is C26H34O8. The lowest BCUT2D eigenvalue weighted by Crippen LogP contribution is -2.80. The highest BCUT2D eigenvalue weighted by Crippen LogP contribution is 2.82. The van der Waals surface area contributed by atoms with E-state index in [1.807, 2.05) is 13.0 Å². The molecule has 186 valence electrons. The van der Waals surface area contributed by atoms with Crippen molar-refractivity contribution in [1.82, 2.24) is 0 Å². The zero-order valence-corrected chi connectivity index (χ0v) is 19.8. The third-order valence-corrected chi connectivity index (χ3v) is 11.9. The van der Waals surface area contributed by atoms with Crippen LogP contribution in [0.1, 0.15) is 57.9 Å². The van der Waals surface area contributed by atoms with E-state index in [0.717, 1.165) is 12.0 Å². The molecule has 4 N–H and O–H groups in total. The molecule has 6 fully saturated rings. The van der Waals surface area contributed by atoms with Gasteiger partial charge in [-0.05, 0) is 36.3 Å². The minimum absolute atomic E-state index is 0.00167. The van der Waals surface area contributed by atoms with E-state index in [0.29, 0.717) is 0 Å². The molecule has 2 aliphatic heterocycles. The largest absolute Gasteiger partial charge is 0.472 e. The predicted molar refractivity (Wildman–Crippen MR) is 116 cm³/mol. The van der Waals surface area contributed by atoms with Crippen LogP contribution in [-0.2, 0) is 14.3 Å². The van der Waals surface area contributed by atoms with E-state index >= 15 is 0 Å². The van der Waals surface area contributed by atoms with E-state index in [2.05, 4.69) is 6.92 Å². The summed E-state index contributed by atoms with van der Waals surface area (Å²) >= 11 is 0. The second-order valence-electron chi connectivity index (χ2n) is 12.7. The van der Waals surface area contributed by atoms with Crippen molar-refractivity contribution in [2.24, 2.45) is 33.5 Å². The number of carbonyl (C=O) groups is 1. The zero-order valence-electron chi connectivity index (χ0n) is 19.8. The molecule has 0 radical (unpaired) electrons. The summed E-state index contributed by atoms with van der Waals surface area (Å²) in [5.41, 5.74) is -3.21. The summed E-state index contributed by atoms with van der Waals surface area (Å²) in [6, 6.07) is 1.95. The third kappa shape index (κ3) is 1.96. The molecule has 3 heterocycles. The number of hydrogen-bond acceptors (Lipinski definition) is 8. The van der Waals surface area contributed by atoms with Crippen molar-refractivity contribution in [3.63, 3.8) is 0 Å². The SMILES string of the molecule is C[C@@]12[C@H](O)C[C@H](O)[C@@]3(CO[C@H]1O)[C@H]2C[C@@H](O)[C@]1(C)[C@H]3C(=O)C[C@@]2(C)[C@H](c3ccoc3)C[C@H]3O[C@@]312. The van der Waals surface area contributed by atoms with E-state index in [1.54, 1.807) is 19.5 Å². The minimum Gasteiger partial charge on any atom is -0.472 e. The number of aliphatic hydroxyl groups is 4. The molecule has 6 aliphatic rings. The molecule has 2 bridgehead atoms. The average Bonchev–Trinajstić information content (AvgIpc) is 3.15. The molecule has 0 amide bonds. The standard InChI is InChI=1S/C26H34O8/c1-22-9-14(27)20-24(3,26(22)19(34-26)6-13(22)12-4-5-32-10-12)17(29)7-15-23(2)16(28)8-18(30)25(15,20)11-33-21(23)31/h4-5,10,13,15-21,28-31H,6-9,11H2,1-3H3/t13-,15-,16+,17+,18-,19+,20+,21+,22-,23+,24+,25+,26+/m0/s1. The van der Waals surface area contributed by atoms with Crippen LogP contribution in [0.4, 0.5) is 0 Å². The summed E-state index contributed by atoms with van der Waals surface area (Å²) < 4.78 is 17.7. The molecule has 0 aromatic carbocycles. The van der Waals surface area contributed by atoms with Gasteiger partial charge in [0.2, 0.25) is 0 Å². The summed E-state index contributed by atoms with van der Waals surface area (Å²) in [7, 11) is 0. The number of ether oxygens (including phenoxy) is 2. The zero-order chi connectivity index (χ0) is 24.1. The number of epoxide rings is 1. The molecule has 13 atom stereocenters. The molecule has 1 spiro atoms. The quantitative estimate of drug-likeness (QED) is 0.449. The summed E-state index contributed by atoms with van der Waals surface area (Å²) in [6.45, 7) is 5.86. The van der Waals surface area contributed by atoms with Crippen LogP contribution in [0.5, 0.6) is 0 Å². The van der Waals surface area contributed by atoms with Crippen molar-refractivity contribution in [3.8, 4) is 0 Å². The molecule has 8 nitrogen and oxygen atoms in total. The van der Waals surface area contributed by atoms with Gasteiger partial charge in [-0.3, -0.25) is 4.79 Å². The van der Waals surface area contributed by atoms with Crippen LogP contribution >= 0.6 is 0 Å². The number of rotatable bonds is 1. The van der Waals surface area contributed by atoms with Gasteiger partial charge < -0.3 is 34.3 Å². The molecule has 4 aliphatic carbocycles. The lowest BCUT2D eigenvalue weighted by Gasteiger charge is -2.72. The highest BCUT2D eigenvalue weighted by atomic mass is 16.6. The van der Waals surface area contributed by atoms with Crippen molar-refractivity contribution in [2.75, 3.05) is 6.61 Å². The molecule has 7 rings (SSSR count). The lowest BCUT2D eigenvalue weighted by atomic mass is 9.33. The Hall–Kier alpha value is -1.29. The predicted octanol–water partition coefficient (Wildman–Crippen LogP) is 1.35. The molecule has 1 aromatic heterocycles. The van der Waals surface area contributed by atoms with Gasteiger partial charge in [0.05, 0.1) is 43.5 Å². The average molecular weight is 475 g/mol. The topological polar surface area (TPSA) is 133 Å². The monoisotopic (exact) mass is 474 g/mol. The minimum atomic E-state index is -1.23. The van der Waals surface area contributed by atoms with Crippen LogP contribution in [0.2, 0.25) is 0 Å². The Labute approximate surface area is 198 Å². The van der Waals surface area contributed by atoms with Gasteiger partial charge in [-0.1, -0.05) is 20.8 Å². The lowest BCUT2D eigenvalue weighted by molar-refractivity contribution is -0.371. The van der Waals surface area contributed by atoms with Crippen LogP contribution in [0, 0.1) is 33.5 Å².